The van der Waals surface area contributed by atoms with Gasteiger partial charge in [-0.3, -0.25) is 14.4 Å². The number of benzene rings is 2. The lowest BCUT2D eigenvalue weighted by atomic mass is 10.2. The number of nitrogen functional groups attached to an aromatic ring is 1. The summed E-state index contributed by atoms with van der Waals surface area (Å²) >= 11 is 0. The first-order valence-corrected chi connectivity index (χ1v) is 7.54. The topological polar surface area (TPSA) is 102 Å². The van der Waals surface area contributed by atoms with Crippen LogP contribution in [0.15, 0.2) is 48.5 Å². The Kier molecular flexibility index (Phi) is 5.73. The Morgan fingerprint density at radius 1 is 1.08 bits per heavy atom. The van der Waals surface area contributed by atoms with Gasteiger partial charge in [0.1, 0.15) is 5.75 Å². The van der Waals surface area contributed by atoms with Crippen molar-refractivity contribution in [2.45, 2.75) is 13.5 Å². The van der Waals surface area contributed by atoms with Gasteiger partial charge in [0.2, 0.25) is 5.91 Å². The van der Waals surface area contributed by atoms with Gasteiger partial charge in [-0.1, -0.05) is 18.2 Å². The minimum Gasteiger partial charge on any atom is -0.496 e. The summed E-state index contributed by atoms with van der Waals surface area (Å²) in [6, 6.07) is 13.2. The van der Waals surface area contributed by atoms with E-state index in [4.69, 9.17) is 10.5 Å². The maximum absolute atomic E-state index is 12.4. The van der Waals surface area contributed by atoms with Crippen LogP contribution in [0.4, 0.5) is 11.4 Å². The van der Waals surface area contributed by atoms with Gasteiger partial charge in [0.05, 0.1) is 12.8 Å². The van der Waals surface area contributed by atoms with Gasteiger partial charge in [0, 0.05) is 24.7 Å². The Balaban J connectivity index is 2.12. The number of para-hydroxylation sites is 1. The Bertz CT molecular complexity index is 787. The van der Waals surface area contributed by atoms with Gasteiger partial charge >= 0.3 is 11.8 Å². The Morgan fingerprint density at radius 2 is 1.72 bits per heavy atom. The molecule has 3 amide bonds. The molecule has 7 nitrogen and oxygen atoms in total. The van der Waals surface area contributed by atoms with Crippen LogP contribution in [0.1, 0.15) is 12.5 Å². The minimum atomic E-state index is -0.966. The van der Waals surface area contributed by atoms with Crippen molar-refractivity contribution in [3.05, 3.63) is 54.1 Å². The van der Waals surface area contributed by atoms with E-state index in [2.05, 4.69) is 5.32 Å². The van der Waals surface area contributed by atoms with E-state index < -0.39 is 17.7 Å². The largest absolute Gasteiger partial charge is 0.496 e. The number of nitrogens with one attached hydrogen (secondary N) is 1. The third-order valence-electron chi connectivity index (χ3n) is 3.50. The van der Waals surface area contributed by atoms with E-state index in [0.29, 0.717) is 17.0 Å². The zero-order chi connectivity index (χ0) is 18.4. The number of hydrogen-bond donors (Lipinski definition) is 2. The number of anilines is 2. The van der Waals surface area contributed by atoms with Gasteiger partial charge in [-0.25, -0.2) is 4.90 Å². The molecule has 0 atom stereocenters. The molecule has 7 heteroatoms. The summed E-state index contributed by atoms with van der Waals surface area (Å²) in [5, 5.41) is 2.50. The molecular formula is C18H19N3O4. The second-order valence-electron chi connectivity index (χ2n) is 5.25. The molecule has 0 bridgehead atoms. The molecule has 2 aromatic carbocycles. The number of ether oxygens (including phenoxy) is 1. The maximum Gasteiger partial charge on any atom is 0.323 e. The second kappa shape index (κ2) is 7.96. The number of carbonyl (C=O) groups excluding carboxylic acids is 3. The van der Waals surface area contributed by atoms with Crippen molar-refractivity contribution in [1.29, 1.82) is 0 Å². The smallest absolute Gasteiger partial charge is 0.323 e. The van der Waals surface area contributed by atoms with Crippen LogP contribution in [0.5, 0.6) is 5.75 Å². The highest BCUT2D eigenvalue weighted by Crippen LogP contribution is 2.18. The van der Waals surface area contributed by atoms with Gasteiger partial charge in [-0.15, -0.1) is 0 Å². The summed E-state index contributed by atoms with van der Waals surface area (Å²) in [6.45, 7) is 1.31. The quantitative estimate of drug-likeness (QED) is 0.648. The Labute approximate surface area is 145 Å². The summed E-state index contributed by atoms with van der Waals surface area (Å²) in [5.41, 5.74) is 7.08. The first kappa shape index (κ1) is 18.0. The molecule has 0 aliphatic rings. The molecule has 130 valence electrons. The maximum atomic E-state index is 12.4. The molecule has 3 N–H and O–H groups in total. The predicted octanol–water partition coefficient (Wildman–Crippen LogP) is 1.47. The van der Waals surface area contributed by atoms with Crippen molar-refractivity contribution in [3.8, 4) is 5.75 Å². The zero-order valence-electron chi connectivity index (χ0n) is 14.0. The Morgan fingerprint density at radius 3 is 2.32 bits per heavy atom. The molecule has 2 rings (SSSR count). The molecule has 0 spiro atoms. The van der Waals surface area contributed by atoms with Crippen LogP contribution in [0.25, 0.3) is 0 Å². The van der Waals surface area contributed by atoms with E-state index in [1.165, 1.54) is 26.2 Å². The van der Waals surface area contributed by atoms with E-state index >= 15 is 0 Å². The summed E-state index contributed by atoms with van der Waals surface area (Å²) < 4.78 is 5.19. The average molecular weight is 341 g/mol. The number of imide groups is 1. The molecule has 0 aliphatic carbocycles. The number of hydrogen-bond acceptors (Lipinski definition) is 5. The molecule has 0 aromatic heterocycles. The van der Waals surface area contributed by atoms with Gasteiger partial charge in [-0.05, 0) is 30.3 Å². The lowest BCUT2D eigenvalue weighted by Crippen LogP contribution is -2.45. The lowest BCUT2D eigenvalue weighted by molar-refractivity contribution is -0.139. The molecular weight excluding hydrogens is 322 g/mol. The van der Waals surface area contributed by atoms with Crippen LogP contribution in [0.3, 0.4) is 0 Å². The summed E-state index contributed by atoms with van der Waals surface area (Å²) in [7, 11) is 1.52. The van der Waals surface area contributed by atoms with Crippen molar-refractivity contribution < 1.29 is 19.1 Å². The van der Waals surface area contributed by atoms with Crippen molar-refractivity contribution in [3.63, 3.8) is 0 Å². The van der Waals surface area contributed by atoms with Gasteiger partial charge in [-0.2, -0.15) is 0 Å². The fraction of sp³-hybridized carbons (Fsp3) is 0.167. The third kappa shape index (κ3) is 4.35. The molecule has 0 radical (unpaired) electrons. The van der Waals surface area contributed by atoms with E-state index in [1.54, 1.807) is 36.4 Å². The highest BCUT2D eigenvalue weighted by molar-refractivity contribution is 6.45. The van der Waals surface area contributed by atoms with Gasteiger partial charge < -0.3 is 15.8 Å². The summed E-state index contributed by atoms with van der Waals surface area (Å²) in [5.74, 6) is -1.83. The van der Waals surface area contributed by atoms with Crippen molar-refractivity contribution >= 4 is 29.1 Å². The number of amides is 3. The highest BCUT2D eigenvalue weighted by Gasteiger charge is 2.26. The number of carbonyl (C=O) groups is 3. The van der Waals surface area contributed by atoms with Crippen LogP contribution in [0.2, 0.25) is 0 Å². The van der Waals surface area contributed by atoms with Crippen molar-refractivity contribution in [1.82, 2.24) is 5.32 Å². The molecule has 0 saturated heterocycles. The fourth-order valence-corrected chi connectivity index (χ4v) is 2.27. The normalized spacial score (nSPS) is 10.0. The van der Waals surface area contributed by atoms with Crippen molar-refractivity contribution in [2.75, 3.05) is 17.7 Å². The monoisotopic (exact) mass is 341 g/mol. The number of nitrogens with zero attached hydrogens (tertiary/aromatic N) is 1. The lowest BCUT2D eigenvalue weighted by Gasteiger charge is -2.19. The zero-order valence-corrected chi connectivity index (χ0v) is 14.0. The average Bonchev–Trinajstić information content (AvgIpc) is 2.61. The van der Waals surface area contributed by atoms with Crippen LogP contribution >= 0.6 is 0 Å². The highest BCUT2D eigenvalue weighted by atomic mass is 16.5. The number of methoxy groups -OCH3 is 1. The molecule has 25 heavy (non-hydrogen) atoms. The molecule has 2 aromatic rings. The fourth-order valence-electron chi connectivity index (χ4n) is 2.27. The van der Waals surface area contributed by atoms with Crippen molar-refractivity contribution in [2.24, 2.45) is 0 Å². The van der Waals surface area contributed by atoms with Crippen LogP contribution in [-0.2, 0) is 20.9 Å². The summed E-state index contributed by atoms with van der Waals surface area (Å²) in [4.78, 5) is 37.2. The molecule has 0 saturated carbocycles. The van der Waals surface area contributed by atoms with E-state index in [0.717, 1.165) is 4.90 Å². The molecule has 0 heterocycles. The number of rotatable bonds is 4. The molecule has 0 aliphatic heterocycles. The van der Waals surface area contributed by atoms with Crippen LogP contribution in [-0.4, -0.2) is 24.8 Å². The summed E-state index contributed by atoms with van der Waals surface area (Å²) in [6.07, 6.45) is 0. The van der Waals surface area contributed by atoms with Crippen LogP contribution < -0.4 is 20.7 Å². The number of nitrogens with two attached hydrogens (primary N) is 1. The van der Waals surface area contributed by atoms with E-state index in [1.807, 2.05) is 0 Å². The van der Waals surface area contributed by atoms with E-state index in [9.17, 15) is 14.4 Å². The minimum absolute atomic E-state index is 0.0993. The molecule has 0 fully saturated rings. The standard InChI is InChI=1S/C18H19N3O4/c1-12(22)21(15-9-7-14(19)8-10-15)18(24)17(23)20-11-13-5-3-4-6-16(13)25-2/h3-10H,11,19H2,1-2H3,(H,20,23). The first-order valence-electron chi connectivity index (χ1n) is 7.54. The van der Waals surface area contributed by atoms with Crippen LogP contribution in [0, 0.1) is 0 Å². The SMILES string of the molecule is COc1ccccc1CNC(=O)C(=O)N(C(C)=O)c1ccc(N)cc1. The third-order valence-corrected chi connectivity index (χ3v) is 3.50. The molecule has 0 unspecified atom stereocenters. The first-order chi connectivity index (χ1) is 11.9. The second-order valence-corrected chi connectivity index (χ2v) is 5.25. The Hall–Kier alpha value is -3.35. The van der Waals surface area contributed by atoms with E-state index in [-0.39, 0.29) is 12.2 Å². The predicted molar refractivity (Wildman–Crippen MR) is 93.9 cm³/mol. The van der Waals surface area contributed by atoms with Gasteiger partial charge in [0.25, 0.3) is 0 Å². The van der Waals surface area contributed by atoms with Gasteiger partial charge in [0.15, 0.2) is 0 Å².